The molecule has 22 heavy (non-hydrogen) atoms. The molecule has 1 aromatic heterocycles. The number of ether oxygens (including phenoxy) is 1. The van der Waals surface area contributed by atoms with E-state index in [1.807, 2.05) is 42.5 Å². The van der Waals surface area contributed by atoms with Crippen LogP contribution in [0.5, 0.6) is 6.01 Å². The molecular formula is C18H15N3O. The van der Waals surface area contributed by atoms with E-state index in [0.717, 1.165) is 24.0 Å². The van der Waals surface area contributed by atoms with Crippen LogP contribution in [0.4, 0.5) is 0 Å². The summed E-state index contributed by atoms with van der Waals surface area (Å²) in [5.74, 6) is 0. The lowest BCUT2D eigenvalue weighted by Crippen LogP contribution is -2.04. The quantitative estimate of drug-likeness (QED) is 0.863. The number of nitriles is 1. The molecule has 0 amide bonds. The minimum Gasteiger partial charge on any atom is -0.467 e. The zero-order valence-corrected chi connectivity index (χ0v) is 12.3. The standard InChI is InChI=1S/C18H15N3O/c1-22-18-20-16(13-8-4-2-5-9-13)15(12-19)17(21-18)14-10-6-3-7-11-14/h2-6,8-10H,7,11H2,1H3. The predicted octanol–water partition coefficient (Wildman–Crippen LogP) is 3.76. The van der Waals surface area contributed by atoms with Gasteiger partial charge in [0.1, 0.15) is 11.6 Å². The molecule has 2 aromatic rings. The van der Waals surface area contributed by atoms with Crippen LogP contribution < -0.4 is 4.74 Å². The Morgan fingerprint density at radius 2 is 1.91 bits per heavy atom. The van der Waals surface area contributed by atoms with Crippen molar-refractivity contribution in [2.45, 2.75) is 12.8 Å². The maximum absolute atomic E-state index is 9.64. The van der Waals surface area contributed by atoms with Gasteiger partial charge in [-0.2, -0.15) is 15.2 Å². The molecule has 4 heteroatoms. The Labute approximate surface area is 129 Å². The van der Waals surface area contributed by atoms with Gasteiger partial charge in [-0.05, 0) is 18.4 Å². The highest BCUT2D eigenvalue weighted by atomic mass is 16.5. The number of benzene rings is 1. The molecule has 1 aromatic carbocycles. The van der Waals surface area contributed by atoms with Gasteiger partial charge in [0.05, 0.1) is 18.5 Å². The van der Waals surface area contributed by atoms with Crippen LogP contribution in [0, 0.1) is 11.3 Å². The van der Waals surface area contributed by atoms with Gasteiger partial charge >= 0.3 is 6.01 Å². The second kappa shape index (κ2) is 6.23. The second-order valence-corrected chi connectivity index (χ2v) is 4.92. The van der Waals surface area contributed by atoms with Crippen molar-refractivity contribution in [3.63, 3.8) is 0 Å². The number of methoxy groups -OCH3 is 1. The molecule has 0 unspecified atom stereocenters. The molecule has 0 fully saturated rings. The van der Waals surface area contributed by atoms with Crippen molar-refractivity contribution in [1.29, 1.82) is 5.26 Å². The first-order valence-electron chi connectivity index (χ1n) is 7.11. The van der Waals surface area contributed by atoms with Crippen molar-refractivity contribution in [1.82, 2.24) is 9.97 Å². The van der Waals surface area contributed by atoms with E-state index < -0.39 is 0 Å². The highest BCUT2D eigenvalue weighted by molar-refractivity contribution is 5.77. The Morgan fingerprint density at radius 1 is 1.14 bits per heavy atom. The first-order valence-corrected chi connectivity index (χ1v) is 7.11. The third-order valence-electron chi connectivity index (χ3n) is 3.55. The number of allylic oxidation sites excluding steroid dienone is 4. The lowest BCUT2D eigenvalue weighted by molar-refractivity contribution is 0.379. The lowest BCUT2D eigenvalue weighted by atomic mass is 9.96. The molecule has 0 spiro atoms. The van der Waals surface area contributed by atoms with Crippen LogP contribution in [0.2, 0.25) is 0 Å². The summed E-state index contributed by atoms with van der Waals surface area (Å²) in [5.41, 5.74) is 3.69. The summed E-state index contributed by atoms with van der Waals surface area (Å²) >= 11 is 0. The lowest BCUT2D eigenvalue weighted by Gasteiger charge is -2.14. The predicted molar refractivity (Wildman–Crippen MR) is 85.1 cm³/mol. The monoisotopic (exact) mass is 289 g/mol. The van der Waals surface area contributed by atoms with Crippen molar-refractivity contribution in [3.8, 4) is 23.3 Å². The number of aromatic nitrogens is 2. The van der Waals surface area contributed by atoms with E-state index in [9.17, 15) is 5.26 Å². The summed E-state index contributed by atoms with van der Waals surface area (Å²) in [6.45, 7) is 0. The highest BCUT2D eigenvalue weighted by Crippen LogP contribution is 2.31. The molecule has 0 saturated carbocycles. The molecular weight excluding hydrogens is 274 g/mol. The maximum atomic E-state index is 9.64. The number of hydrogen-bond donors (Lipinski definition) is 0. The van der Waals surface area contributed by atoms with Gasteiger partial charge in [0.25, 0.3) is 0 Å². The fraction of sp³-hybridized carbons (Fsp3) is 0.167. The van der Waals surface area contributed by atoms with Crippen molar-refractivity contribution in [3.05, 3.63) is 59.8 Å². The minimum absolute atomic E-state index is 0.281. The summed E-state index contributed by atoms with van der Waals surface area (Å²) in [6, 6.07) is 12.2. The average Bonchev–Trinajstić information content (AvgIpc) is 2.62. The molecule has 0 radical (unpaired) electrons. The van der Waals surface area contributed by atoms with Crippen LogP contribution in [0.3, 0.4) is 0 Å². The van der Waals surface area contributed by atoms with Gasteiger partial charge in [-0.15, -0.1) is 0 Å². The van der Waals surface area contributed by atoms with E-state index in [-0.39, 0.29) is 6.01 Å². The largest absolute Gasteiger partial charge is 0.467 e. The highest BCUT2D eigenvalue weighted by Gasteiger charge is 2.19. The fourth-order valence-electron chi connectivity index (χ4n) is 2.47. The van der Waals surface area contributed by atoms with Gasteiger partial charge in [-0.25, -0.2) is 0 Å². The molecule has 3 rings (SSSR count). The van der Waals surface area contributed by atoms with Crippen LogP contribution in [-0.4, -0.2) is 17.1 Å². The van der Waals surface area contributed by atoms with Gasteiger partial charge in [0, 0.05) is 5.56 Å². The third kappa shape index (κ3) is 2.61. The second-order valence-electron chi connectivity index (χ2n) is 4.92. The van der Waals surface area contributed by atoms with Gasteiger partial charge in [0.2, 0.25) is 0 Å². The Bertz CT molecular complexity index is 786. The SMILES string of the molecule is COc1nc(C2=CC=CCC2)c(C#N)c(-c2ccccc2)n1. The summed E-state index contributed by atoms with van der Waals surface area (Å²) in [5, 5.41) is 9.64. The fourth-order valence-corrected chi connectivity index (χ4v) is 2.47. The van der Waals surface area contributed by atoms with Crippen LogP contribution in [0.15, 0.2) is 48.6 Å². The number of nitrogens with zero attached hydrogens (tertiary/aromatic N) is 3. The summed E-state index contributed by atoms with van der Waals surface area (Å²) < 4.78 is 5.23. The topological polar surface area (TPSA) is 58.8 Å². The molecule has 1 aliphatic carbocycles. The number of rotatable bonds is 3. The van der Waals surface area contributed by atoms with Crippen molar-refractivity contribution < 1.29 is 4.74 Å². The summed E-state index contributed by atoms with van der Waals surface area (Å²) in [7, 11) is 1.54. The molecule has 0 atom stereocenters. The molecule has 0 saturated heterocycles. The third-order valence-corrected chi connectivity index (χ3v) is 3.55. The first kappa shape index (κ1) is 14.0. The van der Waals surface area contributed by atoms with Crippen molar-refractivity contribution >= 4 is 5.57 Å². The Balaban J connectivity index is 2.24. The van der Waals surface area contributed by atoms with Crippen LogP contribution in [0.25, 0.3) is 16.8 Å². The molecule has 0 bridgehead atoms. The average molecular weight is 289 g/mol. The van der Waals surface area contributed by atoms with Crippen LogP contribution in [0.1, 0.15) is 24.1 Å². The van der Waals surface area contributed by atoms with E-state index >= 15 is 0 Å². The Hall–Kier alpha value is -2.93. The molecule has 0 aliphatic heterocycles. The van der Waals surface area contributed by atoms with Crippen LogP contribution >= 0.6 is 0 Å². The van der Waals surface area contributed by atoms with E-state index in [2.05, 4.69) is 22.1 Å². The van der Waals surface area contributed by atoms with Crippen molar-refractivity contribution in [2.75, 3.05) is 7.11 Å². The van der Waals surface area contributed by atoms with E-state index in [0.29, 0.717) is 17.0 Å². The minimum atomic E-state index is 0.281. The Morgan fingerprint density at radius 3 is 2.55 bits per heavy atom. The summed E-state index contributed by atoms with van der Waals surface area (Å²) in [4.78, 5) is 8.80. The molecule has 1 aliphatic rings. The molecule has 1 heterocycles. The van der Waals surface area contributed by atoms with E-state index in [4.69, 9.17) is 4.74 Å². The summed E-state index contributed by atoms with van der Waals surface area (Å²) in [6.07, 6.45) is 7.91. The normalized spacial score (nSPS) is 13.4. The zero-order valence-electron chi connectivity index (χ0n) is 12.3. The van der Waals surface area contributed by atoms with E-state index in [1.54, 1.807) is 0 Å². The van der Waals surface area contributed by atoms with Gasteiger partial charge < -0.3 is 4.74 Å². The molecule has 4 nitrogen and oxygen atoms in total. The van der Waals surface area contributed by atoms with Gasteiger partial charge in [0.15, 0.2) is 0 Å². The first-order chi connectivity index (χ1) is 10.8. The van der Waals surface area contributed by atoms with Crippen LogP contribution in [-0.2, 0) is 0 Å². The molecule has 0 N–H and O–H groups in total. The van der Waals surface area contributed by atoms with Gasteiger partial charge in [-0.3, -0.25) is 0 Å². The Kier molecular flexibility index (Phi) is 3.97. The van der Waals surface area contributed by atoms with E-state index in [1.165, 1.54) is 7.11 Å². The smallest absolute Gasteiger partial charge is 0.317 e. The van der Waals surface area contributed by atoms with Gasteiger partial charge in [-0.1, -0.05) is 48.6 Å². The van der Waals surface area contributed by atoms with Crippen molar-refractivity contribution in [2.24, 2.45) is 0 Å². The number of hydrogen-bond acceptors (Lipinski definition) is 4. The zero-order chi connectivity index (χ0) is 15.4. The maximum Gasteiger partial charge on any atom is 0.317 e. The molecule has 108 valence electrons.